The summed E-state index contributed by atoms with van der Waals surface area (Å²) < 4.78 is 37.7. The van der Waals surface area contributed by atoms with Crippen molar-refractivity contribution in [2.45, 2.75) is 19.6 Å². The highest BCUT2D eigenvalue weighted by Gasteiger charge is 2.29. The Labute approximate surface area is 141 Å². The molecule has 128 valence electrons. The highest BCUT2D eigenvalue weighted by Crippen LogP contribution is 2.29. The van der Waals surface area contributed by atoms with Gasteiger partial charge in [0.2, 0.25) is 0 Å². The number of amides is 1. The molecular formula is C18H14F3N3O. The molecule has 1 N–H and O–H groups in total. The Morgan fingerprint density at radius 3 is 2.40 bits per heavy atom. The Hall–Kier alpha value is -2.96. The van der Waals surface area contributed by atoms with Crippen LogP contribution in [0.2, 0.25) is 0 Å². The molecular weight excluding hydrogens is 331 g/mol. The highest BCUT2D eigenvalue weighted by atomic mass is 19.4. The van der Waals surface area contributed by atoms with Crippen molar-refractivity contribution in [3.63, 3.8) is 0 Å². The first kappa shape index (κ1) is 16.9. The lowest BCUT2D eigenvalue weighted by atomic mass is 10.1. The van der Waals surface area contributed by atoms with E-state index in [9.17, 15) is 18.0 Å². The predicted molar refractivity (Wildman–Crippen MR) is 86.9 cm³/mol. The number of hydrogen-bond donors (Lipinski definition) is 1. The van der Waals surface area contributed by atoms with Crippen LogP contribution in [0.25, 0.3) is 10.9 Å². The van der Waals surface area contributed by atoms with E-state index in [1.54, 1.807) is 25.1 Å². The molecule has 0 saturated carbocycles. The summed E-state index contributed by atoms with van der Waals surface area (Å²) >= 11 is 0. The number of benzene rings is 2. The molecule has 0 unspecified atom stereocenters. The molecule has 3 aromatic rings. The number of halogens is 3. The first-order chi connectivity index (χ1) is 11.8. The van der Waals surface area contributed by atoms with Crippen molar-refractivity contribution in [1.82, 2.24) is 15.3 Å². The van der Waals surface area contributed by atoms with Crippen LogP contribution < -0.4 is 5.32 Å². The Bertz CT molecular complexity index is 921. The van der Waals surface area contributed by atoms with Crippen molar-refractivity contribution in [3.8, 4) is 0 Å². The van der Waals surface area contributed by atoms with Crippen LogP contribution in [-0.4, -0.2) is 15.9 Å². The van der Waals surface area contributed by atoms with Gasteiger partial charge >= 0.3 is 6.18 Å². The molecule has 0 saturated heterocycles. The van der Waals surface area contributed by atoms with Crippen LogP contribution in [0.15, 0.2) is 48.5 Å². The Kier molecular flexibility index (Phi) is 4.39. The number of alkyl halides is 3. The van der Waals surface area contributed by atoms with Crippen LogP contribution >= 0.6 is 0 Å². The predicted octanol–water partition coefficient (Wildman–Crippen LogP) is 3.89. The van der Waals surface area contributed by atoms with Crippen molar-refractivity contribution in [1.29, 1.82) is 0 Å². The van der Waals surface area contributed by atoms with Gasteiger partial charge in [0, 0.05) is 11.9 Å². The number of carbonyl (C=O) groups excluding carboxylic acids is 1. The Morgan fingerprint density at radius 1 is 1.04 bits per heavy atom. The van der Waals surface area contributed by atoms with Crippen molar-refractivity contribution in [3.05, 3.63) is 71.2 Å². The maximum atomic E-state index is 12.6. The number of fused-ring (bicyclic) bond motifs is 1. The van der Waals surface area contributed by atoms with Gasteiger partial charge in [-0.15, -0.1) is 0 Å². The van der Waals surface area contributed by atoms with Crippen molar-refractivity contribution < 1.29 is 18.0 Å². The first-order valence-electron chi connectivity index (χ1n) is 7.52. The van der Waals surface area contributed by atoms with Gasteiger partial charge in [0.05, 0.1) is 11.1 Å². The summed E-state index contributed by atoms with van der Waals surface area (Å²) in [7, 11) is 0. The van der Waals surface area contributed by atoms with Crippen LogP contribution in [0.5, 0.6) is 0 Å². The second kappa shape index (κ2) is 6.51. The van der Waals surface area contributed by atoms with E-state index in [-0.39, 0.29) is 12.2 Å². The van der Waals surface area contributed by atoms with Gasteiger partial charge < -0.3 is 5.32 Å². The monoisotopic (exact) mass is 345 g/mol. The zero-order valence-corrected chi connectivity index (χ0v) is 13.3. The summed E-state index contributed by atoms with van der Waals surface area (Å²) in [5, 5.41) is 3.31. The van der Waals surface area contributed by atoms with Crippen LogP contribution in [-0.2, 0) is 12.7 Å². The van der Waals surface area contributed by atoms with E-state index < -0.39 is 17.6 Å². The van der Waals surface area contributed by atoms with Crippen molar-refractivity contribution in [2.75, 3.05) is 0 Å². The molecule has 0 atom stereocenters. The average Bonchev–Trinajstić information content (AvgIpc) is 2.58. The van der Waals surface area contributed by atoms with Crippen LogP contribution in [0, 0.1) is 6.92 Å². The van der Waals surface area contributed by atoms with E-state index in [2.05, 4.69) is 15.3 Å². The van der Waals surface area contributed by atoms with E-state index in [0.717, 1.165) is 12.1 Å². The molecule has 0 radical (unpaired) electrons. The van der Waals surface area contributed by atoms with Gasteiger partial charge in [0.15, 0.2) is 0 Å². The van der Waals surface area contributed by atoms with Crippen molar-refractivity contribution in [2.24, 2.45) is 0 Å². The Balaban J connectivity index is 1.77. The molecule has 0 aliphatic carbocycles. The lowest BCUT2D eigenvalue weighted by Crippen LogP contribution is -2.24. The third-order valence-corrected chi connectivity index (χ3v) is 3.66. The fourth-order valence-corrected chi connectivity index (χ4v) is 2.44. The second-order valence-corrected chi connectivity index (χ2v) is 5.51. The van der Waals surface area contributed by atoms with Crippen molar-refractivity contribution >= 4 is 16.8 Å². The minimum Gasteiger partial charge on any atom is -0.347 e. The molecule has 0 fully saturated rings. The molecule has 0 aliphatic heterocycles. The molecule has 1 heterocycles. The van der Waals surface area contributed by atoms with E-state index in [0.29, 0.717) is 22.3 Å². The number of nitrogens with zero attached hydrogens (tertiary/aromatic N) is 2. The van der Waals surface area contributed by atoms with Gasteiger partial charge in [-0.05, 0) is 30.7 Å². The first-order valence-corrected chi connectivity index (χ1v) is 7.52. The van der Waals surface area contributed by atoms with Gasteiger partial charge in [-0.25, -0.2) is 9.97 Å². The molecule has 0 bridgehead atoms. The summed E-state index contributed by atoms with van der Waals surface area (Å²) in [5.41, 5.74) is 0.751. The molecule has 0 spiro atoms. The van der Waals surface area contributed by atoms with Gasteiger partial charge in [-0.2, -0.15) is 13.2 Å². The molecule has 0 aliphatic rings. The molecule has 2 aromatic carbocycles. The van der Waals surface area contributed by atoms with E-state index in [4.69, 9.17) is 0 Å². The lowest BCUT2D eigenvalue weighted by molar-refractivity contribution is -0.137. The number of rotatable bonds is 3. The maximum Gasteiger partial charge on any atom is 0.416 e. The minimum absolute atomic E-state index is 0.106. The van der Waals surface area contributed by atoms with Gasteiger partial charge in [-0.3, -0.25) is 4.79 Å². The van der Waals surface area contributed by atoms with Crippen LogP contribution in [0.1, 0.15) is 27.4 Å². The summed E-state index contributed by atoms with van der Waals surface area (Å²) in [6.07, 6.45) is -4.38. The molecule has 4 nitrogen and oxygen atoms in total. The fourth-order valence-electron chi connectivity index (χ4n) is 2.44. The number of aromatic nitrogens is 2. The summed E-state index contributed by atoms with van der Waals surface area (Å²) in [5.74, 6) is 0.0694. The minimum atomic E-state index is -4.38. The number of carbonyl (C=O) groups is 1. The number of hydrogen-bond acceptors (Lipinski definition) is 3. The van der Waals surface area contributed by atoms with E-state index >= 15 is 0 Å². The number of aryl methyl sites for hydroxylation is 1. The zero-order chi connectivity index (χ0) is 18.0. The van der Waals surface area contributed by atoms with Gasteiger partial charge in [0.25, 0.3) is 5.91 Å². The van der Waals surface area contributed by atoms with Crippen LogP contribution in [0.3, 0.4) is 0 Å². The SMILES string of the molecule is Cc1nc(C(=O)NCc2ccc(C(F)(F)F)cc2)c2ccccc2n1. The maximum absolute atomic E-state index is 12.6. The highest BCUT2D eigenvalue weighted by molar-refractivity contribution is 6.04. The third kappa shape index (κ3) is 3.76. The van der Waals surface area contributed by atoms with Gasteiger partial charge in [-0.1, -0.05) is 30.3 Å². The fraction of sp³-hybridized carbons (Fsp3) is 0.167. The summed E-state index contributed by atoms with van der Waals surface area (Å²) in [6, 6.07) is 11.8. The lowest BCUT2D eigenvalue weighted by Gasteiger charge is -2.10. The molecule has 25 heavy (non-hydrogen) atoms. The van der Waals surface area contributed by atoms with E-state index in [1.807, 2.05) is 6.07 Å². The molecule has 1 amide bonds. The zero-order valence-electron chi connectivity index (χ0n) is 13.3. The quantitative estimate of drug-likeness (QED) is 0.784. The second-order valence-electron chi connectivity index (χ2n) is 5.51. The van der Waals surface area contributed by atoms with Gasteiger partial charge in [0.1, 0.15) is 11.5 Å². The topological polar surface area (TPSA) is 54.9 Å². The summed E-state index contributed by atoms with van der Waals surface area (Å²) in [6.45, 7) is 1.80. The smallest absolute Gasteiger partial charge is 0.347 e. The number of nitrogens with one attached hydrogen (secondary N) is 1. The van der Waals surface area contributed by atoms with E-state index in [1.165, 1.54) is 12.1 Å². The largest absolute Gasteiger partial charge is 0.416 e. The molecule has 7 heteroatoms. The summed E-state index contributed by atoms with van der Waals surface area (Å²) in [4.78, 5) is 20.9. The average molecular weight is 345 g/mol. The Morgan fingerprint density at radius 2 is 1.72 bits per heavy atom. The standard InChI is InChI=1S/C18H14F3N3O/c1-11-23-15-5-3-2-4-14(15)16(24-11)17(25)22-10-12-6-8-13(9-7-12)18(19,20)21/h2-9H,10H2,1H3,(H,22,25). The van der Waals surface area contributed by atoms with Crippen LogP contribution in [0.4, 0.5) is 13.2 Å². The number of para-hydroxylation sites is 1. The third-order valence-electron chi connectivity index (χ3n) is 3.66. The molecule has 1 aromatic heterocycles. The normalized spacial score (nSPS) is 11.5. The molecule has 3 rings (SSSR count).